The highest BCUT2D eigenvalue weighted by Gasteiger charge is 2.24. The fourth-order valence-electron chi connectivity index (χ4n) is 1.59. The zero-order valence-corrected chi connectivity index (χ0v) is 11.0. The summed E-state index contributed by atoms with van der Waals surface area (Å²) in [5.41, 5.74) is 2.11. The molecule has 1 aromatic rings. The molecule has 0 radical (unpaired) electrons. The van der Waals surface area contributed by atoms with Crippen LogP contribution in [-0.4, -0.2) is 11.1 Å². The molecule has 0 fully saturated rings. The van der Waals surface area contributed by atoms with Gasteiger partial charge in [-0.3, -0.25) is 0 Å². The molecular weight excluding hydrogens is 256 g/mol. The molecule has 2 nitrogen and oxygen atoms in total. The number of carbonyl (C=O) groups is 1. The second-order valence-corrected chi connectivity index (χ2v) is 5.47. The molecule has 15 heavy (non-hydrogen) atoms. The molecule has 0 saturated carbocycles. The minimum atomic E-state index is -0.874. The molecule has 1 rings (SSSR count). The zero-order chi connectivity index (χ0) is 11.8. The summed E-state index contributed by atoms with van der Waals surface area (Å²) in [5, 5.41) is 9.12. The smallest absolute Gasteiger partial charge is 0.336 e. The Labute approximate surface area is 98.4 Å². The Bertz CT molecular complexity index is 403. The predicted octanol–water partition coefficient (Wildman–Crippen LogP) is 3.75. The molecule has 0 aromatic heterocycles. The number of hydrogen-bond acceptors (Lipinski definition) is 1. The molecule has 0 amide bonds. The summed E-state index contributed by atoms with van der Waals surface area (Å²) >= 11 is 3.47. The van der Waals surface area contributed by atoms with Crippen LogP contribution in [0, 0.1) is 6.92 Å². The molecule has 1 N–H and O–H groups in total. The van der Waals surface area contributed by atoms with Crippen LogP contribution >= 0.6 is 15.9 Å². The standard InChI is InChI=1S/C12H15BrO2/c1-7-5-6-8(11(14)15)9(10(7)13)12(2,3)4/h5-6H,1-4H3,(H,14,15). The van der Waals surface area contributed by atoms with Crippen LogP contribution in [0.25, 0.3) is 0 Å². The van der Waals surface area contributed by atoms with Crippen molar-refractivity contribution in [2.24, 2.45) is 0 Å². The first-order valence-electron chi connectivity index (χ1n) is 4.78. The maximum absolute atomic E-state index is 11.1. The van der Waals surface area contributed by atoms with E-state index in [0.717, 1.165) is 15.6 Å². The summed E-state index contributed by atoms with van der Waals surface area (Å²) in [6.45, 7) is 8.00. The summed E-state index contributed by atoms with van der Waals surface area (Å²) in [6, 6.07) is 3.49. The fraction of sp³-hybridized carbons (Fsp3) is 0.417. The molecular formula is C12H15BrO2. The van der Waals surface area contributed by atoms with E-state index in [4.69, 9.17) is 5.11 Å². The summed E-state index contributed by atoms with van der Waals surface area (Å²) in [4.78, 5) is 11.1. The Morgan fingerprint density at radius 3 is 2.27 bits per heavy atom. The molecule has 0 aliphatic heterocycles. The maximum Gasteiger partial charge on any atom is 0.336 e. The maximum atomic E-state index is 11.1. The van der Waals surface area contributed by atoms with Crippen molar-refractivity contribution in [3.05, 3.63) is 33.3 Å². The quantitative estimate of drug-likeness (QED) is 0.844. The molecule has 0 heterocycles. The number of carboxylic acid groups (broad SMARTS) is 1. The fourth-order valence-corrected chi connectivity index (χ4v) is 2.53. The van der Waals surface area contributed by atoms with Gasteiger partial charge in [0.2, 0.25) is 0 Å². The molecule has 3 heteroatoms. The molecule has 0 atom stereocenters. The van der Waals surface area contributed by atoms with Crippen LogP contribution in [0.15, 0.2) is 16.6 Å². The van der Waals surface area contributed by atoms with Crippen molar-refractivity contribution >= 4 is 21.9 Å². The number of benzene rings is 1. The molecule has 0 bridgehead atoms. The first-order valence-corrected chi connectivity index (χ1v) is 5.57. The van der Waals surface area contributed by atoms with Crippen molar-refractivity contribution in [2.45, 2.75) is 33.1 Å². The second-order valence-electron chi connectivity index (χ2n) is 4.67. The highest BCUT2D eigenvalue weighted by atomic mass is 79.9. The van der Waals surface area contributed by atoms with Crippen LogP contribution in [0.3, 0.4) is 0 Å². The summed E-state index contributed by atoms with van der Waals surface area (Å²) in [5.74, 6) is -0.874. The van der Waals surface area contributed by atoms with Crippen LogP contribution in [0.1, 0.15) is 42.3 Å². The molecule has 0 aliphatic carbocycles. The summed E-state index contributed by atoms with van der Waals surface area (Å²) in [7, 11) is 0. The highest BCUT2D eigenvalue weighted by Crippen LogP contribution is 2.34. The topological polar surface area (TPSA) is 37.3 Å². The van der Waals surface area contributed by atoms with Crippen molar-refractivity contribution in [3.8, 4) is 0 Å². The molecule has 1 aromatic carbocycles. The third-order valence-electron chi connectivity index (χ3n) is 2.32. The minimum absolute atomic E-state index is 0.182. The van der Waals surface area contributed by atoms with Gasteiger partial charge in [-0.25, -0.2) is 4.79 Å². The average molecular weight is 271 g/mol. The Balaban J connectivity index is 3.57. The number of aryl methyl sites for hydroxylation is 1. The monoisotopic (exact) mass is 270 g/mol. The minimum Gasteiger partial charge on any atom is -0.478 e. The van der Waals surface area contributed by atoms with E-state index in [2.05, 4.69) is 15.9 Å². The van der Waals surface area contributed by atoms with Gasteiger partial charge in [0.05, 0.1) is 5.56 Å². The van der Waals surface area contributed by atoms with Crippen LogP contribution < -0.4 is 0 Å². The van der Waals surface area contributed by atoms with Crippen molar-refractivity contribution in [1.82, 2.24) is 0 Å². The Kier molecular flexibility index (Phi) is 3.24. The highest BCUT2D eigenvalue weighted by molar-refractivity contribution is 9.10. The van der Waals surface area contributed by atoms with Gasteiger partial charge in [-0.15, -0.1) is 0 Å². The summed E-state index contributed by atoms with van der Waals surface area (Å²) in [6.07, 6.45) is 0. The van der Waals surface area contributed by atoms with Gasteiger partial charge in [0.15, 0.2) is 0 Å². The van der Waals surface area contributed by atoms with E-state index in [1.54, 1.807) is 6.07 Å². The molecule has 0 spiro atoms. The molecule has 0 saturated heterocycles. The Morgan fingerprint density at radius 1 is 1.33 bits per heavy atom. The van der Waals surface area contributed by atoms with E-state index in [1.807, 2.05) is 33.8 Å². The average Bonchev–Trinajstić information content (AvgIpc) is 2.06. The molecule has 0 unspecified atom stereocenters. The lowest BCUT2D eigenvalue weighted by Gasteiger charge is -2.24. The molecule has 0 aliphatic rings. The first-order chi connectivity index (χ1) is 6.75. The van der Waals surface area contributed by atoms with Gasteiger partial charge in [0, 0.05) is 4.47 Å². The lowest BCUT2D eigenvalue weighted by molar-refractivity contribution is 0.0694. The Hall–Kier alpha value is -0.830. The first kappa shape index (κ1) is 12.2. The normalized spacial score (nSPS) is 11.5. The SMILES string of the molecule is Cc1ccc(C(=O)O)c(C(C)(C)C)c1Br. The van der Waals surface area contributed by atoms with E-state index in [0.29, 0.717) is 5.56 Å². The third kappa shape index (κ3) is 2.40. The zero-order valence-electron chi connectivity index (χ0n) is 9.39. The third-order valence-corrected chi connectivity index (χ3v) is 3.34. The molecule has 82 valence electrons. The predicted molar refractivity (Wildman–Crippen MR) is 64.5 cm³/mol. The van der Waals surface area contributed by atoms with E-state index < -0.39 is 5.97 Å². The van der Waals surface area contributed by atoms with Crippen LogP contribution in [-0.2, 0) is 5.41 Å². The van der Waals surface area contributed by atoms with Crippen molar-refractivity contribution in [3.63, 3.8) is 0 Å². The van der Waals surface area contributed by atoms with Gasteiger partial charge in [-0.2, -0.15) is 0 Å². The van der Waals surface area contributed by atoms with E-state index in [1.165, 1.54) is 0 Å². The van der Waals surface area contributed by atoms with Gasteiger partial charge >= 0.3 is 5.97 Å². The lowest BCUT2D eigenvalue weighted by atomic mass is 9.83. The van der Waals surface area contributed by atoms with Crippen LogP contribution in [0.4, 0.5) is 0 Å². The van der Waals surface area contributed by atoms with E-state index >= 15 is 0 Å². The number of rotatable bonds is 1. The van der Waals surface area contributed by atoms with Crippen molar-refractivity contribution < 1.29 is 9.90 Å². The number of aromatic carboxylic acids is 1. The van der Waals surface area contributed by atoms with Crippen molar-refractivity contribution in [2.75, 3.05) is 0 Å². The van der Waals surface area contributed by atoms with E-state index in [-0.39, 0.29) is 5.41 Å². The van der Waals surface area contributed by atoms with Crippen molar-refractivity contribution in [1.29, 1.82) is 0 Å². The van der Waals surface area contributed by atoms with Crippen LogP contribution in [0.5, 0.6) is 0 Å². The largest absolute Gasteiger partial charge is 0.478 e. The van der Waals surface area contributed by atoms with Gasteiger partial charge in [0.1, 0.15) is 0 Å². The van der Waals surface area contributed by atoms with E-state index in [9.17, 15) is 4.79 Å². The number of halogens is 1. The van der Waals surface area contributed by atoms with Gasteiger partial charge in [0.25, 0.3) is 0 Å². The van der Waals surface area contributed by atoms with Crippen LogP contribution in [0.2, 0.25) is 0 Å². The van der Waals surface area contributed by atoms with Gasteiger partial charge in [-0.1, -0.05) is 42.8 Å². The second kappa shape index (κ2) is 3.97. The number of hydrogen-bond donors (Lipinski definition) is 1. The van der Waals surface area contributed by atoms with Gasteiger partial charge < -0.3 is 5.11 Å². The Morgan fingerprint density at radius 2 is 1.87 bits per heavy atom. The van der Waals surface area contributed by atoms with Gasteiger partial charge in [-0.05, 0) is 29.5 Å². The lowest BCUT2D eigenvalue weighted by Crippen LogP contribution is -2.18. The summed E-state index contributed by atoms with van der Waals surface area (Å²) < 4.78 is 0.898. The number of carboxylic acids is 1.